The van der Waals surface area contributed by atoms with Crippen LogP contribution in [0.25, 0.3) is 11.3 Å². The van der Waals surface area contributed by atoms with Gasteiger partial charge in [0.25, 0.3) is 0 Å². The molecule has 0 aliphatic heterocycles. The number of hydrogen-bond acceptors (Lipinski definition) is 4. The molecule has 2 aromatic carbocycles. The van der Waals surface area contributed by atoms with Crippen LogP contribution >= 0.6 is 22.9 Å². The standard InChI is InChI=1S/C22H24ClN3OS/c1-3-4-5-9-21(27)24-18-8-6-7-16(12-18)20-14-28-22(26-20)25-19-13-17(23)11-10-15(19)2/h6-8,10-14H,3-5,9H2,1-2H3,(H,24,27)(H,25,26). The Morgan fingerprint density at radius 2 is 2.04 bits per heavy atom. The second-order valence-electron chi connectivity index (χ2n) is 6.71. The minimum atomic E-state index is 0.0580. The number of anilines is 3. The molecule has 0 saturated heterocycles. The van der Waals surface area contributed by atoms with Gasteiger partial charge < -0.3 is 10.6 Å². The van der Waals surface area contributed by atoms with E-state index in [1.54, 1.807) is 0 Å². The lowest BCUT2D eigenvalue weighted by Gasteiger charge is -2.07. The Balaban J connectivity index is 1.69. The maximum absolute atomic E-state index is 12.1. The Labute approximate surface area is 175 Å². The van der Waals surface area contributed by atoms with Crippen molar-refractivity contribution in [2.45, 2.75) is 39.5 Å². The highest BCUT2D eigenvalue weighted by molar-refractivity contribution is 7.14. The fourth-order valence-electron chi connectivity index (χ4n) is 2.82. The van der Waals surface area contributed by atoms with Crippen LogP contribution in [0, 0.1) is 6.92 Å². The first kappa shape index (κ1) is 20.4. The van der Waals surface area contributed by atoms with Crippen molar-refractivity contribution < 1.29 is 4.79 Å². The fraction of sp³-hybridized carbons (Fsp3) is 0.273. The number of aryl methyl sites for hydroxylation is 1. The number of rotatable bonds is 8. The number of carbonyl (C=O) groups excluding carboxylic acids is 1. The molecule has 3 aromatic rings. The van der Waals surface area contributed by atoms with E-state index in [1.807, 2.05) is 54.8 Å². The Morgan fingerprint density at radius 3 is 2.86 bits per heavy atom. The van der Waals surface area contributed by atoms with E-state index in [-0.39, 0.29) is 5.91 Å². The van der Waals surface area contributed by atoms with E-state index >= 15 is 0 Å². The number of hydrogen-bond donors (Lipinski definition) is 2. The lowest BCUT2D eigenvalue weighted by molar-refractivity contribution is -0.116. The number of nitrogens with one attached hydrogen (secondary N) is 2. The maximum atomic E-state index is 12.1. The molecule has 0 aliphatic rings. The maximum Gasteiger partial charge on any atom is 0.224 e. The summed E-state index contributed by atoms with van der Waals surface area (Å²) >= 11 is 7.63. The van der Waals surface area contributed by atoms with Crippen LogP contribution in [0.4, 0.5) is 16.5 Å². The number of halogens is 1. The van der Waals surface area contributed by atoms with Crippen molar-refractivity contribution in [3.63, 3.8) is 0 Å². The predicted molar refractivity (Wildman–Crippen MR) is 120 cm³/mol. The van der Waals surface area contributed by atoms with Gasteiger partial charge in [0.1, 0.15) is 0 Å². The number of unbranched alkanes of at least 4 members (excludes halogenated alkanes) is 2. The van der Waals surface area contributed by atoms with Gasteiger partial charge in [-0.15, -0.1) is 11.3 Å². The number of benzene rings is 2. The van der Waals surface area contributed by atoms with Crippen molar-refractivity contribution in [3.8, 4) is 11.3 Å². The van der Waals surface area contributed by atoms with Gasteiger partial charge in [0.2, 0.25) is 5.91 Å². The summed E-state index contributed by atoms with van der Waals surface area (Å²) < 4.78 is 0. The van der Waals surface area contributed by atoms with Crippen LogP contribution in [0.5, 0.6) is 0 Å². The van der Waals surface area contributed by atoms with Gasteiger partial charge in [0.05, 0.1) is 5.69 Å². The summed E-state index contributed by atoms with van der Waals surface area (Å²) in [6, 6.07) is 13.5. The molecular weight excluding hydrogens is 390 g/mol. The molecule has 1 amide bonds. The van der Waals surface area contributed by atoms with E-state index in [4.69, 9.17) is 11.6 Å². The zero-order chi connectivity index (χ0) is 19.9. The summed E-state index contributed by atoms with van der Waals surface area (Å²) in [5.41, 5.74) is 4.69. The van der Waals surface area contributed by atoms with Crippen LogP contribution in [0.2, 0.25) is 5.02 Å². The lowest BCUT2D eigenvalue weighted by Crippen LogP contribution is -2.10. The van der Waals surface area contributed by atoms with Crippen LogP contribution in [0.3, 0.4) is 0 Å². The van der Waals surface area contributed by atoms with E-state index in [9.17, 15) is 4.79 Å². The topological polar surface area (TPSA) is 54.0 Å². The molecule has 0 radical (unpaired) electrons. The molecule has 0 bridgehead atoms. The molecule has 0 saturated carbocycles. The van der Waals surface area contributed by atoms with Gasteiger partial charge in [-0.1, -0.05) is 49.6 Å². The summed E-state index contributed by atoms with van der Waals surface area (Å²) in [6.07, 6.45) is 3.67. The second-order valence-corrected chi connectivity index (χ2v) is 8.00. The summed E-state index contributed by atoms with van der Waals surface area (Å²) in [5, 5.41) is 9.80. The Morgan fingerprint density at radius 1 is 1.18 bits per heavy atom. The minimum Gasteiger partial charge on any atom is -0.331 e. The zero-order valence-corrected chi connectivity index (χ0v) is 17.7. The molecule has 0 spiro atoms. The van der Waals surface area contributed by atoms with E-state index in [1.165, 1.54) is 11.3 Å². The van der Waals surface area contributed by atoms with E-state index in [0.717, 1.165) is 52.6 Å². The van der Waals surface area contributed by atoms with Gasteiger partial charge in [-0.2, -0.15) is 0 Å². The van der Waals surface area contributed by atoms with Gasteiger partial charge in [-0.25, -0.2) is 4.98 Å². The summed E-state index contributed by atoms with van der Waals surface area (Å²) in [4.78, 5) is 16.7. The Hall–Kier alpha value is -2.37. The molecule has 0 aliphatic carbocycles. The molecule has 28 heavy (non-hydrogen) atoms. The first-order valence-electron chi connectivity index (χ1n) is 9.44. The van der Waals surface area contributed by atoms with E-state index < -0.39 is 0 Å². The van der Waals surface area contributed by atoms with Crippen molar-refractivity contribution in [3.05, 3.63) is 58.4 Å². The fourth-order valence-corrected chi connectivity index (χ4v) is 3.73. The molecule has 4 nitrogen and oxygen atoms in total. The highest BCUT2D eigenvalue weighted by atomic mass is 35.5. The highest BCUT2D eigenvalue weighted by Gasteiger charge is 2.08. The number of thiazole rings is 1. The number of nitrogens with zero attached hydrogens (tertiary/aromatic N) is 1. The van der Waals surface area contributed by atoms with Gasteiger partial charge >= 0.3 is 0 Å². The van der Waals surface area contributed by atoms with Crippen molar-refractivity contribution in [1.29, 1.82) is 0 Å². The van der Waals surface area contributed by atoms with Crippen LogP contribution in [0.1, 0.15) is 38.2 Å². The van der Waals surface area contributed by atoms with Crippen LogP contribution < -0.4 is 10.6 Å². The smallest absolute Gasteiger partial charge is 0.224 e. The third-order valence-corrected chi connectivity index (χ3v) is 5.39. The van der Waals surface area contributed by atoms with Gasteiger partial charge in [-0.3, -0.25) is 4.79 Å². The SMILES string of the molecule is CCCCCC(=O)Nc1cccc(-c2csc(Nc3cc(Cl)ccc3C)n2)c1. The van der Waals surface area contributed by atoms with Crippen molar-refractivity contribution in [2.24, 2.45) is 0 Å². The zero-order valence-electron chi connectivity index (χ0n) is 16.1. The third-order valence-electron chi connectivity index (χ3n) is 4.39. The van der Waals surface area contributed by atoms with Crippen LogP contribution in [0.15, 0.2) is 47.8 Å². The first-order valence-corrected chi connectivity index (χ1v) is 10.7. The van der Waals surface area contributed by atoms with Gasteiger partial charge in [0, 0.05) is 33.8 Å². The average molecular weight is 414 g/mol. The number of carbonyl (C=O) groups is 1. The van der Waals surface area contributed by atoms with E-state index in [0.29, 0.717) is 11.4 Å². The molecule has 2 N–H and O–H groups in total. The Bertz CT molecular complexity index is 954. The molecule has 0 atom stereocenters. The summed E-state index contributed by atoms with van der Waals surface area (Å²) in [6.45, 7) is 4.16. The quantitative estimate of drug-likeness (QED) is 0.389. The van der Waals surface area contributed by atoms with Crippen LogP contribution in [-0.4, -0.2) is 10.9 Å². The van der Waals surface area contributed by atoms with Crippen molar-refractivity contribution >= 4 is 45.4 Å². The summed E-state index contributed by atoms with van der Waals surface area (Å²) in [7, 11) is 0. The largest absolute Gasteiger partial charge is 0.331 e. The monoisotopic (exact) mass is 413 g/mol. The summed E-state index contributed by atoms with van der Waals surface area (Å²) in [5.74, 6) is 0.0580. The lowest BCUT2D eigenvalue weighted by atomic mass is 10.1. The van der Waals surface area contributed by atoms with Gasteiger partial charge in [0.15, 0.2) is 5.13 Å². The molecule has 1 aromatic heterocycles. The molecule has 0 fully saturated rings. The molecule has 3 rings (SSSR count). The van der Waals surface area contributed by atoms with Crippen LogP contribution in [-0.2, 0) is 4.79 Å². The van der Waals surface area contributed by atoms with E-state index in [2.05, 4.69) is 22.5 Å². The molecule has 146 valence electrons. The Kier molecular flexibility index (Phi) is 7.06. The molecule has 6 heteroatoms. The number of aromatic nitrogens is 1. The minimum absolute atomic E-state index is 0.0580. The first-order chi connectivity index (χ1) is 13.5. The van der Waals surface area contributed by atoms with Crippen molar-refractivity contribution in [2.75, 3.05) is 10.6 Å². The highest BCUT2D eigenvalue weighted by Crippen LogP contribution is 2.30. The molecule has 1 heterocycles. The predicted octanol–water partition coefficient (Wildman–Crippen LogP) is 7.03. The number of amides is 1. The second kappa shape index (κ2) is 9.71. The van der Waals surface area contributed by atoms with Crippen molar-refractivity contribution in [1.82, 2.24) is 4.98 Å². The molecular formula is C22H24ClN3OS. The normalized spacial score (nSPS) is 10.7. The third kappa shape index (κ3) is 5.57. The average Bonchev–Trinajstić information content (AvgIpc) is 3.14. The van der Waals surface area contributed by atoms with Gasteiger partial charge in [-0.05, 0) is 43.2 Å². The molecule has 0 unspecified atom stereocenters.